The number of hydrogen-bond donors (Lipinski definition) is 1. The second-order valence-corrected chi connectivity index (χ2v) is 10.7. The zero-order valence-electron chi connectivity index (χ0n) is 19.6. The number of anilines is 1. The van der Waals surface area contributed by atoms with Crippen LogP contribution in [0.15, 0.2) is 65.5 Å². The van der Waals surface area contributed by atoms with Crippen LogP contribution in [0.5, 0.6) is 5.75 Å². The van der Waals surface area contributed by atoms with E-state index in [9.17, 15) is 18.5 Å². The molecule has 4 aromatic rings. The summed E-state index contributed by atoms with van der Waals surface area (Å²) in [5.41, 5.74) is 2.54. The van der Waals surface area contributed by atoms with Gasteiger partial charge in [-0.25, -0.2) is 8.42 Å². The first kappa shape index (κ1) is 25.1. The van der Waals surface area contributed by atoms with E-state index in [1.165, 1.54) is 13.0 Å². The van der Waals surface area contributed by atoms with E-state index in [1.807, 2.05) is 72.3 Å². The Balaban J connectivity index is 1.55. The number of sulfone groups is 1. The Morgan fingerprint density at radius 3 is 2.72 bits per heavy atom. The zero-order chi connectivity index (χ0) is 25.7. The van der Waals surface area contributed by atoms with E-state index >= 15 is 0 Å². The Morgan fingerprint density at radius 1 is 1.22 bits per heavy atom. The van der Waals surface area contributed by atoms with Crippen molar-refractivity contribution in [2.45, 2.75) is 25.5 Å². The highest BCUT2D eigenvalue weighted by molar-refractivity contribution is 7.91. The standard InChI is InChI=1S/C25H23N5O4S2/c1-3-36(32,33)25-28-24(35-29-25)27-23(31)18(15-26)14-19-16-30(21-10-6-5-9-20(19)21)12-13-34-22-11-7-4-8-17(22)2/h4-11,14,16H,3,12-13H2,1-2H3,(H,27,28,29,31)/b18-14-. The van der Waals surface area contributed by atoms with Crippen LogP contribution in [0, 0.1) is 18.3 Å². The van der Waals surface area contributed by atoms with Crippen molar-refractivity contribution >= 4 is 49.4 Å². The van der Waals surface area contributed by atoms with Gasteiger partial charge in [0.15, 0.2) is 0 Å². The minimum absolute atomic E-state index is 0.00366. The van der Waals surface area contributed by atoms with Crippen LogP contribution in [0.4, 0.5) is 5.13 Å². The van der Waals surface area contributed by atoms with Crippen molar-refractivity contribution in [1.82, 2.24) is 13.9 Å². The Labute approximate surface area is 212 Å². The van der Waals surface area contributed by atoms with E-state index in [0.717, 1.165) is 33.7 Å². The number of carbonyl (C=O) groups excluding carboxylic acids is 1. The molecule has 184 valence electrons. The molecule has 0 radical (unpaired) electrons. The van der Waals surface area contributed by atoms with Crippen molar-refractivity contribution in [3.05, 3.63) is 71.4 Å². The molecule has 0 aliphatic heterocycles. The number of nitrogens with zero attached hydrogens (tertiary/aromatic N) is 4. The van der Waals surface area contributed by atoms with E-state index in [1.54, 1.807) is 0 Å². The fourth-order valence-electron chi connectivity index (χ4n) is 3.53. The van der Waals surface area contributed by atoms with Crippen molar-refractivity contribution < 1.29 is 17.9 Å². The fraction of sp³-hybridized carbons (Fsp3) is 0.200. The highest BCUT2D eigenvalue weighted by Crippen LogP contribution is 2.25. The molecule has 0 bridgehead atoms. The molecule has 0 atom stereocenters. The van der Waals surface area contributed by atoms with Crippen molar-refractivity contribution in [1.29, 1.82) is 5.26 Å². The number of carbonyl (C=O) groups is 1. The third kappa shape index (κ3) is 5.45. The molecule has 1 N–H and O–H groups in total. The fourth-order valence-corrected chi connectivity index (χ4v) is 5.12. The van der Waals surface area contributed by atoms with Crippen molar-refractivity contribution in [3.8, 4) is 11.8 Å². The van der Waals surface area contributed by atoms with Crippen molar-refractivity contribution in [3.63, 3.8) is 0 Å². The zero-order valence-corrected chi connectivity index (χ0v) is 21.3. The first-order valence-electron chi connectivity index (χ1n) is 11.1. The average Bonchev–Trinajstić information content (AvgIpc) is 3.49. The summed E-state index contributed by atoms with van der Waals surface area (Å²) in [4.78, 5) is 16.6. The van der Waals surface area contributed by atoms with Crippen LogP contribution >= 0.6 is 11.5 Å². The number of aromatic nitrogens is 3. The number of fused-ring (bicyclic) bond motifs is 1. The molecule has 0 aliphatic rings. The third-order valence-electron chi connectivity index (χ3n) is 5.45. The highest BCUT2D eigenvalue weighted by atomic mass is 32.2. The molecule has 0 saturated heterocycles. The van der Waals surface area contributed by atoms with Gasteiger partial charge in [0.2, 0.25) is 15.0 Å². The first-order valence-corrected chi connectivity index (χ1v) is 13.5. The quantitative estimate of drug-likeness (QED) is 0.258. The smallest absolute Gasteiger partial charge is 0.268 e. The van der Waals surface area contributed by atoms with Gasteiger partial charge >= 0.3 is 0 Å². The van der Waals surface area contributed by atoms with Gasteiger partial charge in [0.25, 0.3) is 11.1 Å². The van der Waals surface area contributed by atoms with Gasteiger partial charge < -0.3 is 9.30 Å². The minimum Gasteiger partial charge on any atom is -0.491 e. The lowest BCUT2D eigenvalue weighted by Crippen LogP contribution is -2.13. The molecule has 11 heteroatoms. The summed E-state index contributed by atoms with van der Waals surface area (Å²) in [5.74, 6) is -0.0292. The van der Waals surface area contributed by atoms with E-state index in [2.05, 4.69) is 14.7 Å². The SMILES string of the molecule is CCS(=O)(=O)c1nsc(NC(=O)/C(C#N)=C\c2cn(CCOc3ccccc3C)c3ccccc23)n1. The Hall–Kier alpha value is -4.01. The van der Waals surface area contributed by atoms with Crippen LogP contribution in [0.3, 0.4) is 0 Å². The lowest BCUT2D eigenvalue weighted by atomic mass is 10.1. The summed E-state index contributed by atoms with van der Waals surface area (Å²) in [6.45, 7) is 4.48. The second kappa shape index (κ2) is 10.7. The van der Waals surface area contributed by atoms with Crippen LogP contribution in [0.1, 0.15) is 18.1 Å². The lowest BCUT2D eigenvalue weighted by Gasteiger charge is -2.10. The van der Waals surface area contributed by atoms with Crippen LogP contribution in [-0.2, 0) is 21.2 Å². The lowest BCUT2D eigenvalue weighted by molar-refractivity contribution is -0.112. The topological polar surface area (TPSA) is 127 Å². The molecule has 0 fully saturated rings. The second-order valence-electron chi connectivity index (χ2n) is 7.82. The highest BCUT2D eigenvalue weighted by Gasteiger charge is 2.20. The summed E-state index contributed by atoms with van der Waals surface area (Å²) in [7, 11) is -3.59. The number of amides is 1. The average molecular weight is 522 g/mol. The molecule has 0 unspecified atom stereocenters. The Morgan fingerprint density at radius 2 is 1.97 bits per heavy atom. The summed E-state index contributed by atoms with van der Waals surface area (Å²) in [6, 6.07) is 17.4. The number of hydrogen-bond acceptors (Lipinski definition) is 8. The van der Waals surface area contributed by atoms with Gasteiger partial charge in [-0.05, 0) is 30.7 Å². The van der Waals surface area contributed by atoms with E-state index in [0.29, 0.717) is 18.7 Å². The van der Waals surface area contributed by atoms with Gasteiger partial charge in [0, 0.05) is 34.2 Å². The van der Waals surface area contributed by atoms with E-state index < -0.39 is 15.7 Å². The van der Waals surface area contributed by atoms with Gasteiger partial charge in [0.05, 0.1) is 12.3 Å². The van der Waals surface area contributed by atoms with E-state index in [4.69, 9.17) is 4.74 Å². The number of nitriles is 1. The van der Waals surface area contributed by atoms with Crippen molar-refractivity contribution in [2.75, 3.05) is 17.7 Å². The first-order chi connectivity index (χ1) is 17.3. The minimum atomic E-state index is -3.59. The maximum atomic E-state index is 12.7. The van der Waals surface area contributed by atoms with Crippen molar-refractivity contribution in [2.24, 2.45) is 0 Å². The number of ether oxygens (including phenoxy) is 1. The molecule has 0 aliphatic carbocycles. The molecule has 0 saturated carbocycles. The summed E-state index contributed by atoms with van der Waals surface area (Å²) >= 11 is 0.742. The maximum absolute atomic E-state index is 12.7. The Kier molecular flexibility index (Phi) is 7.47. The van der Waals surface area contributed by atoms with Gasteiger partial charge in [0.1, 0.15) is 24.0 Å². The number of benzene rings is 2. The van der Waals surface area contributed by atoms with Crippen LogP contribution in [-0.4, -0.2) is 40.6 Å². The van der Waals surface area contributed by atoms with Gasteiger partial charge in [-0.2, -0.15) is 14.6 Å². The normalized spacial score (nSPS) is 11.9. The van der Waals surface area contributed by atoms with E-state index in [-0.39, 0.29) is 21.6 Å². The van der Waals surface area contributed by atoms with Crippen LogP contribution < -0.4 is 10.1 Å². The molecule has 4 rings (SSSR count). The summed E-state index contributed by atoms with van der Waals surface area (Å²) in [6.07, 6.45) is 3.37. The Bertz CT molecular complexity index is 1600. The molecule has 0 spiro atoms. The number of rotatable bonds is 9. The molecular formula is C25H23N5O4S2. The van der Waals surface area contributed by atoms with Gasteiger partial charge in [-0.3, -0.25) is 10.1 Å². The van der Waals surface area contributed by atoms with Crippen LogP contribution in [0.25, 0.3) is 17.0 Å². The summed E-state index contributed by atoms with van der Waals surface area (Å²) in [5, 5.41) is 12.6. The number of para-hydroxylation sites is 2. The largest absolute Gasteiger partial charge is 0.491 e. The predicted octanol–water partition coefficient (Wildman–Crippen LogP) is 4.22. The molecule has 2 aromatic heterocycles. The summed E-state index contributed by atoms with van der Waals surface area (Å²) < 4.78 is 35.6. The van der Waals surface area contributed by atoms with Crippen LogP contribution in [0.2, 0.25) is 0 Å². The molecule has 2 aromatic carbocycles. The predicted molar refractivity (Wildman–Crippen MR) is 138 cm³/mol. The molecule has 36 heavy (non-hydrogen) atoms. The molecule has 2 heterocycles. The van der Waals surface area contributed by atoms with Gasteiger partial charge in [-0.1, -0.05) is 43.3 Å². The maximum Gasteiger partial charge on any atom is 0.268 e. The third-order valence-corrected chi connectivity index (χ3v) is 7.70. The number of aryl methyl sites for hydroxylation is 1. The monoisotopic (exact) mass is 521 g/mol. The van der Waals surface area contributed by atoms with Gasteiger partial charge in [-0.15, -0.1) is 0 Å². The molecular weight excluding hydrogens is 498 g/mol. The molecule has 9 nitrogen and oxygen atoms in total. The number of nitrogens with one attached hydrogen (secondary N) is 1. The molecule has 1 amide bonds.